The summed E-state index contributed by atoms with van der Waals surface area (Å²) in [4.78, 5) is 39.8. The number of carbonyl (C=O) groups excluding carboxylic acids is 2. The van der Waals surface area contributed by atoms with Crippen molar-refractivity contribution < 1.29 is 18.7 Å². The van der Waals surface area contributed by atoms with Crippen LogP contribution in [0, 0.1) is 5.92 Å². The summed E-state index contributed by atoms with van der Waals surface area (Å²) in [5.41, 5.74) is 0.585. The highest BCUT2D eigenvalue weighted by atomic mass is 16.5. The predicted molar refractivity (Wildman–Crippen MR) is 87.4 cm³/mol. The predicted octanol–water partition coefficient (Wildman–Crippen LogP) is 1.43. The molecule has 1 aromatic carbocycles. The summed E-state index contributed by atoms with van der Waals surface area (Å²) in [6.45, 7) is 3.61. The van der Waals surface area contributed by atoms with Gasteiger partial charge in [0.15, 0.2) is 5.58 Å². The van der Waals surface area contributed by atoms with Crippen LogP contribution in [0.5, 0.6) is 0 Å². The number of hydrogen-bond donors (Lipinski definition) is 1. The zero-order valence-corrected chi connectivity index (χ0v) is 13.9. The third kappa shape index (κ3) is 4.18. The van der Waals surface area contributed by atoms with Gasteiger partial charge in [-0.1, -0.05) is 26.0 Å². The second-order valence-corrected chi connectivity index (χ2v) is 5.73. The van der Waals surface area contributed by atoms with Gasteiger partial charge >= 0.3 is 11.6 Å². The van der Waals surface area contributed by atoms with Crippen LogP contribution in [-0.2, 0) is 20.7 Å². The van der Waals surface area contributed by atoms with Gasteiger partial charge in [-0.05, 0) is 18.1 Å². The molecule has 1 heterocycles. The Morgan fingerprint density at radius 3 is 2.67 bits per heavy atom. The van der Waals surface area contributed by atoms with Crippen LogP contribution in [0.3, 0.4) is 0 Å². The number of esters is 1. The van der Waals surface area contributed by atoms with Crippen LogP contribution in [0.2, 0.25) is 0 Å². The van der Waals surface area contributed by atoms with Crippen LogP contribution in [-0.4, -0.2) is 30.0 Å². The number of hydrogen-bond acceptors (Lipinski definition) is 6. The molecule has 2 rings (SSSR count). The van der Waals surface area contributed by atoms with Gasteiger partial charge in [0.25, 0.3) is 0 Å². The molecule has 7 heteroatoms. The second-order valence-electron chi connectivity index (χ2n) is 5.73. The molecule has 0 aliphatic rings. The van der Waals surface area contributed by atoms with Crippen molar-refractivity contribution in [2.24, 2.45) is 5.92 Å². The van der Waals surface area contributed by atoms with Gasteiger partial charge in [0.1, 0.15) is 17.3 Å². The molecule has 0 bridgehead atoms. The van der Waals surface area contributed by atoms with Gasteiger partial charge in [0.05, 0.1) is 7.11 Å². The normalized spacial score (nSPS) is 12.2. The monoisotopic (exact) mass is 332 g/mol. The smallest absolute Gasteiger partial charge is 0.358 e. The van der Waals surface area contributed by atoms with Crippen LogP contribution in [0.1, 0.15) is 26.0 Å². The van der Waals surface area contributed by atoms with Crippen molar-refractivity contribution in [2.45, 2.75) is 32.7 Å². The van der Waals surface area contributed by atoms with E-state index in [1.807, 2.05) is 0 Å². The lowest BCUT2D eigenvalue weighted by molar-refractivity contribution is -0.146. The third-order valence-electron chi connectivity index (χ3n) is 3.59. The number of benzene rings is 1. The molecule has 1 aromatic heterocycles. The zero-order chi connectivity index (χ0) is 17.7. The molecule has 0 fully saturated rings. The molecule has 24 heavy (non-hydrogen) atoms. The summed E-state index contributed by atoms with van der Waals surface area (Å²) in [6.07, 6.45) is 0.154. The van der Waals surface area contributed by atoms with Gasteiger partial charge in [-0.2, -0.15) is 0 Å². The number of aryl methyl sites for hydroxylation is 1. The molecule has 0 saturated heterocycles. The van der Waals surface area contributed by atoms with Crippen molar-refractivity contribution in [1.82, 2.24) is 10.3 Å². The Bertz CT molecular complexity index is 797. The Morgan fingerprint density at radius 2 is 2.00 bits per heavy atom. The third-order valence-corrected chi connectivity index (χ3v) is 3.59. The highest BCUT2D eigenvalue weighted by molar-refractivity contribution is 5.84. The minimum atomic E-state index is -0.719. The summed E-state index contributed by atoms with van der Waals surface area (Å²) in [6, 6.07) is 6.20. The van der Waals surface area contributed by atoms with Crippen molar-refractivity contribution in [2.75, 3.05) is 7.11 Å². The van der Waals surface area contributed by atoms with Crippen LogP contribution in [0.25, 0.3) is 11.1 Å². The Morgan fingerprint density at radius 1 is 1.29 bits per heavy atom. The molecule has 0 saturated carbocycles. The molecule has 0 radical (unpaired) electrons. The van der Waals surface area contributed by atoms with E-state index in [1.54, 1.807) is 38.1 Å². The summed E-state index contributed by atoms with van der Waals surface area (Å²) >= 11 is 0. The topological polar surface area (TPSA) is 98.5 Å². The Labute approximate surface area is 139 Å². The van der Waals surface area contributed by atoms with E-state index in [0.29, 0.717) is 11.1 Å². The quantitative estimate of drug-likeness (QED) is 0.804. The maximum Gasteiger partial charge on any atom is 0.358 e. The molecular formula is C17H20N2O5. The first-order chi connectivity index (χ1) is 11.4. The lowest BCUT2D eigenvalue weighted by Crippen LogP contribution is -2.45. The minimum absolute atomic E-state index is 0.0241. The van der Waals surface area contributed by atoms with E-state index >= 15 is 0 Å². The van der Waals surface area contributed by atoms with E-state index in [0.717, 1.165) is 0 Å². The van der Waals surface area contributed by atoms with Crippen molar-refractivity contribution in [3.05, 3.63) is 40.4 Å². The number of fused-ring (bicyclic) bond motifs is 1. The molecule has 1 amide bonds. The number of rotatable bonds is 6. The number of methoxy groups -OCH3 is 1. The highest BCUT2D eigenvalue weighted by Gasteiger charge is 2.24. The number of para-hydroxylation sites is 2. The maximum atomic E-state index is 12.0. The van der Waals surface area contributed by atoms with Crippen LogP contribution >= 0.6 is 0 Å². The lowest BCUT2D eigenvalue weighted by Gasteiger charge is -2.19. The molecule has 1 atom stereocenters. The number of aromatic nitrogens is 1. The molecule has 2 aromatic rings. The molecule has 128 valence electrons. The van der Waals surface area contributed by atoms with Crippen molar-refractivity contribution in [1.29, 1.82) is 0 Å². The van der Waals surface area contributed by atoms with E-state index in [-0.39, 0.29) is 30.4 Å². The Balaban J connectivity index is 2.05. The molecular weight excluding hydrogens is 312 g/mol. The summed E-state index contributed by atoms with van der Waals surface area (Å²) in [7, 11) is 1.27. The standard InChI is InChI=1S/C17H20N2O5/c1-10(2)15(17(22)23-3)19-14(20)9-8-12-16(21)24-13-7-5-4-6-11(13)18-12/h4-7,10,15H,8-9H2,1-3H3,(H,19,20)/t15-/m1/s1. The average molecular weight is 332 g/mol. The van der Waals surface area contributed by atoms with Crippen molar-refractivity contribution in [3.8, 4) is 0 Å². The number of carbonyl (C=O) groups is 2. The maximum absolute atomic E-state index is 12.0. The van der Waals surface area contributed by atoms with Crippen LogP contribution < -0.4 is 10.9 Å². The fourth-order valence-electron chi connectivity index (χ4n) is 2.25. The number of ether oxygens (including phenoxy) is 1. The van der Waals surface area contributed by atoms with Crippen LogP contribution in [0.15, 0.2) is 33.5 Å². The number of nitrogens with zero attached hydrogens (tertiary/aromatic N) is 1. The summed E-state index contributed by atoms with van der Waals surface area (Å²) < 4.78 is 9.85. The zero-order valence-electron chi connectivity index (χ0n) is 13.9. The fourth-order valence-corrected chi connectivity index (χ4v) is 2.25. The van der Waals surface area contributed by atoms with E-state index in [4.69, 9.17) is 4.42 Å². The molecule has 0 aliphatic heterocycles. The van der Waals surface area contributed by atoms with E-state index < -0.39 is 17.6 Å². The Hall–Kier alpha value is -2.70. The first-order valence-electron chi connectivity index (χ1n) is 7.68. The molecule has 0 aliphatic carbocycles. The van der Waals surface area contributed by atoms with Gasteiger partial charge in [-0.25, -0.2) is 14.6 Å². The van der Waals surface area contributed by atoms with Gasteiger partial charge in [0.2, 0.25) is 5.91 Å². The van der Waals surface area contributed by atoms with Crippen molar-refractivity contribution in [3.63, 3.8) is 0 Å². The first kappa shape index (κ1) is 17.7. The fraction of sp³-hybridized carbons (Fsp3) is 0.412. The average Bonchev–Trinajstić information content (AvgIpc) is 2.56. The number of nitrogens with one attached hydrogen (secondary N) is 1. The summed E-state index contributed by atoms with van der Waals surface area (Å²) in [5, 5.41) is 2.62. The second kappa shape index (κ2) is 7.72. The van der Waals surface area contributed by atoms with E-state index in [1.165, 1.54) is 7.11 Å². The van der Waals surface area contributed by atoms with Crippen molar-refractivity contribution >= 4 is 23.0 Å². The number of amides is 1. The molecule has 7 nitrogen and oxygen atoms in total. The molecule has 0 unspecified atom stereocenters. The Kier molecular flexibility index (Phi) is 5.68. The highest BCUT2D eigenvalue weighted by Crippen LogP contribution is 2.10. The lowest BCUT2D eigenvalue weighted by atomic mass is 10.0. The van der Waals surface area contributed by atoms with E-state index in [9.17, 15) is 14.4 Å². The van der Waals surface area contributed by atoms with Crippen LogP contribution in [0.4, 0.5) is 0 Å². The minimum Gasteiger partial charge on any atom is -0.467 e. The largest absolute Gasteiger partial charge is 0.467 e. The summed E-state index contributed by atoms with van der Waals surface area (Å²) in [5.74, 6) is -0.958. The van der Waals surface area contributed by atoms with Gasteiger partial charge in [-0.15, -0.1) is 0 Å². The molecule has 1 N–H and O–H groups in total. The SMILES string of the molecule is COC(=O)[C@H](NC(=O)CCc1nc2ccccc2oc1=O)C(C)C. The van der Waals surface area contributed by atoms with Gasteiger partial charge < -0.3 is 14.5 Å². The van der Waals surface area contributed by atoms with E-state index in [2.05, 4.69) is 15.0 Å². The first-order valence-corrected chi connectivity index (χ1v) is 7.68. The molecule has 0 spiro atoms. The van der Waals surface area contributed by atoms with Gasteiger partial charge in [-0.3, -0.25) is 4.79 Å². The van der Waals surface area contributed by atoms with Gasteiger partial charge in [0, 0.05) is 12.8 Å².